The quantitative estimate of drug-likeness (QED) is 0.703. The first-order valence-corrected chi connectivity index (χ1v) is 8.30. The maximum absolute atomic E-state index is 6.01. The average Bonchev–Trinajstić information content (AvgIpc) is 2.52. The second-order valence-electron chi connectivity index (χ2n) is 5.35. The Morgan fingerprint density at radius 1 is 1.35 bits per heavy atom. The molecule has 1 heterocycles. The summed E-state index contributed by atoms with van der Waals surface area (Å²) in [6.07, 6.45) is 9.29. The molecule has 0 amide bonds. The summed E-state index contributed by atoms with van der Waals surface area (Å²) in [6, 6.07) is 4.51. The van der Waals surface area contributed by atoms with Crippen molar-refractivity contribution >= 4 is 17.4 Å². The van der Waals surface area contributed by atoms with Gasteiger partial charge < -0.3 is 9.64 Å². The minimum Gasteiger partial charge on any atom is -0.490 e. The highest BCUT2D eigenvalue weighted by Gasteiger charge is 2.24. The molecule has 0 N–H and O–H groups in total. The number of anilines is 1. The summed E-state index contributed by atoms with van der Waals surface area (Å²) >= 11 is 6.01. The van der Waals surface area contributed by atoms with Gasteiger partial charge in [0, 0.05) is 24.7 Å². The van der Waals surface area contributed by atoms with Gasteiger partial charge in [-0.15, -0.1) is 11.6 Å². The molecule has 4 heteroatoms. The molecule has 112 valence electrons. The number of hydrogen-bond donors (Lipinski definition) is 0. The van der Waals surface area contributed by atoms with Crippen molar-refractivity contribution in [2.45, 2.75) is 51.5 Å². The largest absolute Gasteiger partial charge is 0.490 e. The standard InChI is InChI=1S/C16H25ClN2O/c1-2-13-20-15-9-6-11-18-16(15)19(12-10-17)14-7-4-3-5-8-14/h6,9,11,14H,2-5,7-8,10,12-13H2,1H3. The van der Waals surface area contributed by atoms with E-state index in [9.17, 15) is 0 Å². The molecule has 1 aliphatic rings. The molecular formula is C16H25ClN2O. The number of alkyl halides is 1. The first kappa shape index (κ1) is 15.4. The van der Waals surface area contributed by atoms with Gasteiger partial charge in [0.15, 0.2) is 11.6 Å². The highest BCUT2D eigenvalue weighted by atomic mass is 35.5. The van der Waals surface area contributed by atoms with Crippen molar-refractivity contribution < 1.29 is 4.74 Å². The molecule has 1 aromatic rings. The molecular weight excluding hydrogens is 272 g/mol. The molecule has 0 aromatic carbocycles. The maximum atomic E-state index is 6.01. The van der Waals surface area contributed by atoms with E-state index in [1.165, 1.54) is 32.1 Å². The third kappa shape index (κ3) is 4.02. The van der Waals surface area contributed by atoms with Crippen molar-refractivity contribution in [3.05, 3.63) is 18.3 Å². The van der Waals surface area contributed by atoms with E-state index in [1.54, 1.807) is 0 Å². The molecule has 0 aliphatic heterocycles. The Labute approximate surface area is 127 Å². The number of nitrogens with zero attached hydrogens (tertiary/aromatic N) is 2. The van der Waals surface area contributed by atoms with E-state index in [0.717, 1.165) is 31.1 Å². The van der Waals surface area contributed by atoms with Gasteiger partial charge in [0.1, 0.15) is 0 Å². The molecule has 0 radical (unpaired) electrons. The number of pyridine rings is 1. The summed E-state index contributed by atoms with van der Waals surface area (Å²) in [5.74, 6) is 2.49. The highest BCUT2D eigenvalue weighted by molar-refractivity contribution is 6.18. The van der Waals surface area contributed by atoms with E-state index in [-0.39, 0.29) is 0 Å². The number of aromatic nitrogens is 1. The lowest BCUT2D eigenvalue weighted by molar-refractivity contribution is 0.314. The van der Waals surface area contributed by atoms with Crippen molar-refractivity contribution in [2.24, 2.45) is 0 Å². The third-order valence-corrected chi connectivity index (χ3v) is 3.99. The first-order chi connectivity index (χ1) is 9.86. The second kappa shape index (κ2) is 8.35. The van der Waals surface area contributed by atoms with E-state index in [0.29, 0.717) is 11.9 Å². The fourth-order valence-electron chi connectivity index (χ4n) is 2.87. The van der Waals surface area contributed by atoms with Crippen molar-refractivity contribution in [3.63, 3.8) is 0 Å². The Bertz CT molecular complexity index is 394. The van der Waals surface area contributed by atoms with Crippen LogP contribution < -0.4 is 9.64 Å². The lowest BCUT2D eigenvalue weighted by atomic mass is 9.94. The molecule has 1 fully saturated rings. The Balaban J connectivity index is 2.18. The van der Waals surface area contributed by atoms with Crippen LogP contribution in [-0.4, -0.2) is 30.1 Å². The van der Waals surface area contributed by atoms with Crippen LogP contribution in [0.5, 0.6) is 5.75 Å². The lowest BCUT2D eigenvalue weighted by Gasteiger charge is -2.35. The average molecular weight is 297 g/mol. The Morgan fingerprint density at radius 3 is 2.85 bits per heavy atom. The first-order valence-electron chi connectivity index (χ1n) is 7.77. The van der Waals surface area contributed by atoms with Gasteiger partial charge in [0.2, 0.25) is 0 Å². The van der Waals surface area contributed by atoms with Crippen LogP contribution in [0.25, 0.3) is 0 Å². The summed E-state index contributed by atoms with van der Waals surface area (Å²) in [6.45, 7) is 3.69. The zero-order valence-corrected chi connectivity index (χ0v) is 13.1. The van der Waals surface area contributed by atoms with Crippen LogP contribution in [-0.2, 0) is 0 Å². The highest BCUT2D eigenvalue weighted by Crippen LogP contribution is 2.32. The SMILES string of the molecule is CCCOc1cccnc1N(CCCl)C1CCCCC1. The van der Waals surface area contributed by atoms with Crippen LogP contribution in [0.4, 0.5) is 5.82 Å². The number of halogens is 1. The van der Waals surface area contributed by atoms with Gasteiger partial charge in [0.25, 0.3) is 0 Å². The molecule has 0 spiro atoms. The van der Waals surface area contributed by atoms with Crippen LogP contribution in [0.2, 0.25) is 0 Å². The summed E-state index contributed by atoms with van der Waals surface area (Å²) in [7, 11) is 0. The minimum absolute atomic E-state index is 0.557. The molecule has 0 unspecified atom stereocenters. The van der Waals surface area contributed by atoms with Gasteiger partial charge in [-0.25, -0.2) is 4.98 Å². The molecule has 20 heavy (non-hydrogen) atoms. The summed E-state index contributed by atoms with van der Waals surface area (Å²) in [4.78, 5) is 6.93. The van der Waals surface area contributed by atoms with E-state index >= 15 is 0 Å². The van der Waals surface area contributed by atoms with Crippen molar-refractivity contribution in [3.8, 4) is 5.75 Å². The van der Waals surface area contributed by atoms with Crippen molar-refractivity contribution in [2.75, 3.05) is 23.9 Å². The molecule has 0 atom stereocenters. The summed E-state index contributed by atoms with van der Waals surface area (Å²) < 4.78 is 5.86. The molecule has 0 saturated heterocycles. The smallest absolute Gasteiger partial charge is 0.171 e. The monoisotopic (exact) mass is 296 g/mol. The normalized spacial score (nSPS) is 16.1. The molecule has 2 rings (SSSR count). The topological polar surface area (TPSA) is 25.4 Å². The van der Waals surface area contributed by atoms with Gasteiger partial charge in [-0.05, 0) is 31.4 Å². The second-order valence-corrected chi connectivity index (χ2v) is 5.73. The molecule has 1 saturated carbocycles. The predicted molar refractivity (Wildman–Crippen MR) is 85.0 cm³/mol. The minimum atomic E-state index is 0.557. The van der Waals surface area contributed by atoms with Crippen LogP contribution in [0.15, 0.2) is 18.3 Å². The third-order valence-electron chi connectivity index (χ3n) is 3.83. The van der Waals surface area contributed by atoms with Crippen molar-refractivity contribution in [1.29, 1.82) is 0 Å². The zero-order chi connectivity index (χ0) is 14.2. The van der Waals surface area contributed by atoms with Gasteiger partial charge in [0.05, 0.1) is 6.61 Å². The van der Waals surface area contributed by atoms with Gasteiger partial charge in [-0.3, -0.25) is 0 Å². The van der Waals surface area contributed by atoms with Crippen LogP contribution in [0, 0.1) is 0 Å². The fourth-order valence-corrected chi connectivity index (χ4v) is 3.05. The molecule has 1 aromatic heterocycles. The number of hydrogen-bond acceptors (Lipinski definition) is 3. The Hall–Kier alpha value is -0.960. The van der Waals surface area contributed by atoms with E-state index < -0.39 is 0 Å². The van der Waals surface area contributed by atoms with E-state index in [2.05, 4.69) is 16.8 Å². The number of ether oxygens (including phenoxy) is 1. The van der Waals surface area contributed by atoms with Gasteiger partial charge >= 0.3 is 0 Å². The fraction of sp³-hybridized carbons (Fsp3) is 0.688. The summed E-state index contributed by atoms with van der Waals surface area (Å²) in [5, 5.41) is 0. The van der Waals surface area contributed by atoms with Gasteiger partial charge in [-0.2, -0.15) is 0 Å². The molecule has 3 nitrogen and oxygen atoms in total. The molecule has 1 aliphatic carbocycles. The maximum Gasteiger partial charge on any atom is 0.171 e. The van der Waals surface area contributed by atoms with Gasteiger partial charge in [-0.1, -0.05) is 26.2 Å². The zero-order valence-electron chi connectivity index (χ0n) is 12.4. The van der Waals surface area contributed by atoms with E-state index in [1.807, 2.05) is 18.3 Å². The Morgan fingerprint density at radius 2 is 2.15 bits per heavy atom. The lowest BCUT2D eigenvalue weighted by Crippen LogP contribution is -2.39. The predicted octanol–water partition coefficient (Wildman–Crippen LogP) is 4.25. The van der Waals surface area contributed by atoms with E-state index in [4.69, 9.17) is 16.3 Å². The van der Waals surface area contributed by atoms with Crippen LogP contribution in [0.3, 0.4) is 0 Å². The van der Waals surface area contributed by atoms with Crippen LogP contribution in [0.1, 0.15) is 45.4 Å². The Kier molecular flexibility index (Phi) is 6.44. The van der Waals surface area contributed by atoms with Crippen molar-refractivity contribution in [1.82, 2.24) is 4.98 Å². The molecule has 0 bridgehead atoms. The summed E-state index contributed by atoms with van der Waals surface area (Å²) in [5.41, 5.74) is 0. The van der Waals surface area contributed by atoms with Crippen LogP contribution >= 0.6 is 11.6 Å². The number of rotatable bonds is 7.